The first-order chi connectivity index (χ1) is 11.7. The van der Waals surface area contributed by atoms with Crippen LogP contribution in [0.25, 0.3) is 0 Å². The average Bonchev–Trinajstić information content (AvgIpc) is 3.05. The van der Waals surface area contributed by atoms with Crippen LogP contribution in [0.4, 0.5) is 5.69 Å². The molecule has 0 saturated carbocycles. The second kappa shape index (κ2) is 7.97. The molecule has 0 unspecified atom stereocenters. The lowest BCUT2D eigenvalue weighted by atomic mass is 10.2. The van der Waals surface area contributed by atoms with Gasteiger partial charge in [0.05, 0.1) is 6.54 Å². The van der Waals surface area contributed by atoms with Crippen molar-refractivity contribution in [3.8, 4) is 0 Å². The Kier molecular flexibility index (Phi) is 5.48. The molecule has 6 nitrogen and oxygen atoms in total. The highest BCUT2D eigenvalue weighted by molar-refractivity contribution is 5.76. The molecule has 1 fully saturated rings. The van der Waals surface area contributed by atoms with E-state index in [-0.39, 0.29) is 5.91 Å². The Bertz CT molecular complexity index is 648. The molecule has 24 heavy (non-hydrogen) atoms. The maximum atomic E-state index is 11.9. The molecule has 0 bridgehead atoms. The van der Waals surface area contributed by atoms with E-state index in [9.17, 15) is 4.79 Å². The molecule has 0 radical (unpaired) electrons. The van der Waals surface area contributed by atoms with E-state index in [0.717, 1.165) is 44.2 Å². The van der Waals surface area contributed by atoms with E-state index in [0.29, 0.717) is 13.0 Å². The first kappa shape index (κ1) is 16.5. The van der Waals surface area contributed by atoms with Crippen molar-refractivity contribution in [1.82, 2.24) is 15.4 Å². The van der Waals surface area contributed by atoms with Gasteiger partial charge in [-0.25, -0.2) is 0 Å². The van der Waals surface area contributed by atoms with Crippen molar-refractivity contribution in [2.75, 3.05) is 37.6 Å². The van der Waals surface area contributed by atoms with Gasteiger partial charge in [-0.3, -0.25) is 9.69 Å². The third-order valence-corrected chi connectivity index (χ3v) is 4.29. The molecule has 6 heteroatoms. The molecule has 128 valence electrons. The number of nitrogens with one attached hydrogen (secondary N) is 1. The quantitative estimate of drug-likeness (QED) is 0.876. The van der Waals surface area contributed by atoms with Crippen molar-refractivity contribution < 1.29 is 9.32 Å². The molecule has 1 aliphatic rings. The number of rotatable bonds is 6. The predicted molar refractivity (Wildman–Crippen MR) is 92.8 cm³/mol. The average molecular weight is 328 g/mol. The van der Waals surface area contributed by atoms with Crippen LogP contribution in [-0.4, -0.2) is 48.7 Å². The van der Waals surface area contributed by atoms with Crippen molar-refractivity contribution >= 4 is 11.6 Å². The van der Waals surface area contributed by atoms with Gasteiger partial charge in [-0.1, -0.05) is 23.4 Å². The monoisotopic (exact) mass is 328 g/mol. The topological polar surface area (TPSA) is 61.6 Å². The highest BCUT2D eigenvalue weighted by Crippen LogP contribution is 2.15. The van der Waals surface area contributed by atoms with E-state index in [1.165, 1.54) is 5.69 Å². The second-order valence-electron chi connectivity index (χ2n) is 6.12. The van der Waals surface area contributed by atoms with Crippen LogP contribution in [0.5, 0.6) is 0 Å². The molecular weight excluding hydrogens is 304 g/mol. The van der Waals surface area contributed by atoms with E-state index in [4.69, 9.17) is 4.52 Å². The summed E-state index contributed by atoms with van der Waals surface area (Å²) in [5.41, 5.74) is 2.04. The van der Waals surface area contributed by atoms with E-state index in [2.05, 4.69) is 44.5 Å². The van der Waals surface area contributed by atoms with Gasteiger partial charge in [0.1, 0.15) is 11.5 Å². The molecule has 1 aromatic carbocycles. The van der Waals surface area contributed by atoms with Crippen LogP contribution in [0.3, 0.4) is 0 Å². The Morgan fingerprint density at radius 2 is 1.96 bits per heavy atom. The third-order valence-electron chi connectivity index (χ3n) is 4.29. The maximum absolute atomic E-state index is 11.9. The number of amides is 1. The van der Waals surface area contributed by atoms with Crippen LogP contribution in [0.15, 0.2) is 40.9 Å². The zero-order chi connectivity index (χ0) is 16.8. The number of aryl methyl sites for hydroxylation is 1. The third kappa shape index (κ3) is 4.58. The largest absolute Gasteiger partial charge is 0.369 e. The van der Waals surface area contributed by atoms with Gasteiger partial charge in [-0.15, -0.1) is 0 Å². The van der Waals surface area contributed by atoms with Crippen LogP contribution < -0.4 is 10.2 Å². The smallest absolute Gasteiger partial charge is 0.221 e. The highest BCUT2D eigenvalue weighted by Gasteiger charge is 2.17. The molecule has 2 aromatic rings. The lowest BCUT2D eigenvalue weighted by molar-refractivity contribution is -0.121. The zero-order valence-corrected chi connectivity index (χ0v) is 14.1. The molecule has 1 amide bonds. The van der Waals surface area contributed by atoms with Gasteiger partial charge in [-0.05, 0) is 19.1 Å². The van der Waals surface area contributed by atoms with Crippen LogP contribution in [-0.2, 0) is 11.3 Å². The number of hydrogen-bond acceptors (Lipinski definition) is 5. The first-order valence-corrected chi connectivity index (χ1v) is 8.42. The summed E-state index contributed by atoms with van der Waals surface area (Å²) >= 11 is 0. The van der Waals surface area contributed by atoms with Gasteiger partial charge in [0.2, 0.25) is 5.91 Å². The van der Waals surface area contributed by atoms with Crippen LogP contribution >= 0.6 is 0 Å². The van der Waals surface area contributed by atoms with Crippen molar-refractivity contribution in [2.24, 2.45) is 0 Å². The van der Waals surface area contributed by atoms with Crippen molar-refractivity contribution in [3.05, 3.63) is 47.9 Å². The van der Waals surface area contributed by atoms with Crippen molar-refractivity contribution in [3.63, 3.8) is 0 Å². The number of piperazine rings is 1. The summed E-state index contributed by atoms with van der Waals surface area (Å²) in [6.45, 7) is 7.06. The summed E-state index contributed by atoms with van der Waals surface area (Å²) in [4.78, 5) is 16.7. The highest BCUT2D eigenvalue weighted by atomic mass is 16.5. The fourth-order valence-corrected chi connectivity index (χ4v) is 2.91. The summed E-state index contributed by atoms with van der Waals surface area (Å²) in [6, 6.07) is 12.3. The number of carbonyl (C=O) groups is 1. The number of nitrogens with zero attached hydrogens (tertiary/aromatic N) is 3. The Labute approximate surface area is 142 Å². The lowest BCUT2D eigenvalue weighted by Gasteiger charge is -2.36. The Balaban J connectivity index is 1.35. The molecule has 0 aliphatic carbocycles. The van der Waals surface area contributed by atoms with Crippen LogP contribution in [0, 0.1) is 6.92 Å². The first-order valence-electron chi connectivity index (χ1n) is 8.42. The molecule has 0 spiro atoms. The van der Waals surface area contributed by atoms with Gasteiger partial charge in [0.15, 0.2) is 0 Å². The fourth-order valence-electron chi connectivity index (χ4n) is 2.91. The number of aromatic nitrogens is 1. The SMILES string of the molecule is Cc1cc(CNC(=O)CCN2CCN(c3ccccc3)CC2)no1. The van der Waals surface area contributed by atoms with Gasteiger partial charge >= 0.3 is 0 Å². The van der Waals surface area contributed by atoms with E-state index in [1.54, 1.807) is 0 Å². The summed E-state index contributed by atoms with van der Waals surface area (Å²) in [5.74, 6) is 0.816. The number of hydrogen-bond donors (Lipinski definition) is 1. The summed E-state index contributed by atoms with van der Waals surface area (Å²) in [6.07, 6.45) is 0.516. The van der Waals surface area contributed by atoms with E-state index >= 15 is 0 Å². The summed E-state index contributed by atoms with van der Waals surface area (Å²) in [5, 5.41) is 6.76. The van der Waals surface area contributed by atoms with E-state index < -0.39 is 0 Å². The maximum Gasteiger partial charge on any atom is 0.221 e. The molecule has 2 heterocycles. The second-order valence-corrected chi connectivity index (χ2v) is 6.12. The number of carbonyl (C=O) groups excluding carboxylic acids is 1. The van der Waals surface area contributed by atoms with Gasteiger partial charge in [0.25, 0.3) is 0 Å². The van der Waals surface area contributed by atoms with Crippen LogP contribution in [0.1, 0.15) is 17.9 Å². The van der Waals surface area contributed by atoms with Gasteiger partial charge in [-0.2, -0.15) is 0 Å². The molecule has 1 saturated heterocycles. The van der Waals surface area contributed by atoms with Crippen LogP contribution in [0.2, 0.25) is 0 Å². The fraction of sp³-hybridized carbons (Fsp3) is 0.444. The number of para-hydroxylation sites is 1. The standard InChI is InChI=1S/C18H24N4O2/c1-15-13-16(20-24-15)14-19-18(23)7-8-21-9-11-22(12-10-21)17-5-3-2-4-6-17/h2-6,13H,7-12,14H2,1H3,(H,19,23). The minimum absolute atomic E-state index is 0.0566. The number of benzene rings is 1. The van der Waals surface area contributed by atoms with Gasteiger partial charge in [0, 0.05) is 50.9 Å². The normalized spacial score (nSPS) is 15.5. The van der Waals surface area contributed by atoms with Gasteiger partial charge < -0.3 is 14.7 Å². The van der Waals surface area contributed by atoms with Crippen molar-refractivity contribution in [1.29, 1.82) is 0 Å². The molecule has 1 N–H and O–H groups in total. The van der Waals surface area contributed by atoms with Crippen molar-refractivity contribution in [2.45, 2.75) is 19.9 Å². The molecular formula is C18H24N4O2. The Morgan fingerprint density at radius 1 is 1.21 bits per heavy atom. The Morgan fingerprint density at radius 3 is 2.62 bits per heavy atom. The summed E-state index contributed by atoms with van der Waals surface area (Å²) in [7, 11) is 0. The Hall–Kier alpha value is -2.34. The minimum atomic E-state index is 0.0566. The molecule has 1 aliphatic heterocycles. The molecule has 1 aromatic heterocycles. The number of anilines is 1. The lowest BCUT2D eigenvalue weighted by Crippen LogP contribution is -2.47. The molecule has 0 atom stereocenters. The minimum Gasteiger partial charge on any atom is -0.369 e. The predicted octanol–water partition coefficient (Wildman–Crippen LogP) is 1.81. The van der Waals surface area contributed by atoms with E-state index in [1.807, 2.05) is 19.1 Å². The zero-order valence-electron chi connectivity index (χ0n) is 14.1. The summed E-state index contributed by atoms with van der Waals surface area (Å²) < 4.78 is 4.98. The molecule has 3 rings (SSSR count).